The molecule has 0 aliphatic heterocycles. The van der Waals surface area contributed by atoms with E-state index >= 15 is 0 Å². The third-order valence-electron chi connectivity index (χ3n) is 3.61. The lowest BCUT2D eigenvalue weighted by Gasteiger charge is -2.24. The van der Waals surface area contributed by atoms with Gasteiger partial charge in [-0.1, -0.05) is 26.0 Å². The van der Waals surface area contributed by atoms with Crippen molar-refractivity contribution in [3.63, 3.8) is 0 Å². The van der Waals surface area contributed by atoms with Crippen LogP contribution in [-0.2, 0) is 0 Å². The minimum absolute atomic E-state index is 0.363. The highest BCUT2D eigenvalue weighted by Gasteiger charge is 2.22. The highest BCUT2D eigenvalue weighted by atomic mass is 32.2. The van der Waals surface area contributed by atoms with Gasteiger partial charge < -0.3 is 10.4 Å². The Balaban J connectivity index is 2.68. The molecule has 0 aromatic heterocycles. The minimum atomic E-state index is -0.532. The van der Waals surface area contributed by atoms with Crippen molar-refractivity contribution in [3.05, 3.63) is 29.8 Å². The van der Waals surface area contributed by atoms with E-state index in [0.29, 0.717) is 6.04 Å². The van der Waals surface area contributed by atoms with E-state index in [-0.39, 0.29) is 0 Å². The van der Waals surface area contributed by atoms with Gasteiger partial charge in [-0.25, -0.2) is 0 Å². The van der Waals surface area contributed by atoms with E-state index in [1.54, 1.807) is 11.8 Å². The molecule has 0 saturated heterocycles. The molecule has 18 heavy (non-hydrogen) atoms. The topological polar surface area (TPSA) is 32.3 Å². The fourth-order valence-corrected chi connectivity index (χ4v) is 2.95. The molecule has 1 rings (SSSR count). The van der Waals surface area contributed by atoms with Crippen LogP contribution in [0.4, 0.5) is 0 Å². The van der Waals surface area contributed by atoms with Crippen LogP contribution in [-0.4, -0.2) is 23.5 Å². The molecule has 102 valence electrons. The first kappa shape index (κ1) is 15.5. The van der Waals surface area contributed by atoms with Gasteiger partial charge in [0.2, 0.25) is 0 Å². The lowest BCUT2D eigenvalue weighted by atomic mass is 10.0. The summed E-state index contributed by atoms with van der Waals surface area (Å²) in [6.07, 6.45) is 1.62. The molecule has 0 heterocycles. The van der Waals surface area contributed by atoms with E-state index in [0.717, 1.165) is 18.6 Å². The van der Waals surface area contributed by atoms with Crippen LogP contribution in [0.1, 0.15) is 45.2 Å². The fraction of sp³-hybridized carbons (Fsp3) is 0.600. The largest absolute Gasteiger partial charge is 0.389 e. The van der Waals surface area contributed by atoms with Gasteiger partial charge in [0.1, 0.15) is 0 Å². The average Bonchev–Trinajstić information content (AvgIpc) is 2.44. The zero-order valence-electron chi connectivity index (χ0n) is 11.9. The van der Waals surface area contributed by atoms with Crippen molar-refractivity contribution in [2.45, 2.75) is 50.2 Å². The van der Waals surface area contributed by atoms with Crippen LogP contribution < -0.4 is 5.32 Å². The zero-order chi connectivity index (χ0) is 13.6. The van der Waals surface area contributed by atoms with Crippen molar-refractivity contribution in [2.75, 3.05) is 12.8 Å². The van der Waals surface area contributed by atoms with Crippen molar-refractivity contribution in [1.82, 2.24) is 5.32 Å². The molecule has 2 nitrogen and oxygen atoms in total. The standard InChI is InChI=1S/C15H25NOS/c1-5-15(17,6-2)11-18-14-9-7-8-13(10-14)12(3)16-4/h7-10,12,16-17H,5-6,11H2,1-4H3. The molecule has 0 bridgehead atoms. The normalized spacial score (nSPS) is 13.6. The molecule has 0 amide bonds. The van der Waals surface area contributed by atoms with Crippen LogP contribution in [0.5, 0.6) is 0 Å². The molecule has 0 aliphatic rings. The number of hydrogen-bond donors (Lipinski definition) is 2. The van der Waals surface area contributed by atoms with E-state index in [1.807, 2.05) is 20.9 Å². The van der Waals surface area contributed by atoms with Gasteiger partial charge in [-0.2, -0.15) is 0 Å². The van der Waals surface area contributed by atoms with Crippen molar-refractivity contribution in [3.8, 4) is 0 Å². The summed E-state index contributed by atoms with van der Waals surface area (Å²) in [5, 5.41) is 13.5. The maximum absolute atomic E-state index is 10.3. The van der Waals surface area contributed by atoms with Crippen molar-refractivity contribution < 1.29 is 5.11 Å². The first-order valence-electron chi connectivity index (χ1n) is 6.67. The Morgan fingerprint density at radius 1 is 1.33 bits per heavy atom. The maximum atomic E-state index is 10.3. The molecule has 1 aromatic carbocycles. The second-order valence-corrected chi connectivity index (χ2v) is 5.85. The van der Waals surface area contributed by atoms with Crippen LogP contribution >= 0.6 is 11.8 Å². The average molecular weight is 267 g/mol. The van der Waals surface area contributed by atoms with Crippen LogP contribution in [0.2, 0.25) is 0 Å². The monoisotopic (exact) mass is 267 g/mol. The second kappa shape index (κ2) is 7.17. The molecule has 3 heteroatoms. The Bertz CT molecular complexity index is 363. The smallest absolute Gasteiger partial charge is 0.0736 e. The van der Waals surface area contributed by atoms with E-state index in [4.69, 9.17) is 0 Å². The summed E-state index contributed by atoms with van der Waals surface area (Å²) >= 11 is 1.74. The summed E-state index contributed by atoms with van der Waals surface area (Å²) in [6.45, 7) is 6.24. The van der Waals surface area contributed by atoms with Gasteiger partial charge in [-0.3, -0.25) is 0 Å². The van der Waals surface area contributed by atoms with Crippen molar-refractivity contribution in [1.29, 1.82) is 0 Å². The predicted molar refractivity (Wildman–Crippen MR) is 80.2 cm³/mol. The highest BCUT2D eigenvalue weighted by Crippen LogP contribution is 2.28. The van der Waals surface area contributed by atoms with E-state index < -0.39 is 5.60 Å². The summed E-state index contributed by atoms with van der Waals surface area (Å²) in [7, 11) is 1.97. The Labute approximate surface area is 115 Å². The van der Waals surface area contributed by atoms with Crippen molar-refractivity contribution in [2.24, 2.45) is 0 Å². The highest BCUT2D eigenvalue weighted by molar-refractivity contribution is 7.99. The van der Waals surface area contributed by atoms with Gasteiger partial charge in [0.15, 0.2) is 0 Å². The Morgan fingerprint density at radius 2 is 2.00 bits per heavy atom. The van der Waals surface area contributed by atoms with E-state index in [1.165, 1.54) is 10.5 Å². The van der Waals surface area contributed by atoms with Gasteiger partial charge >= 0.3 is 0 Å². The first-order chi connectivity index (χ1) is 8.54. The third-order valence-corrected chi connectivity index (χ3v) is 4.88. The number of aliphatic hydroxyl groups is 1. The fourth-order valence-electron chi connectivity index (χ4n) is 1.71. The number of nitrogens with one attached hydrogen (secondary N) is 1. The van der Waals surface area contributed by atoms with Gasteiger partial charge in [-0.15, -0.1) is 11.8 Å². The minimum Gasteiger partial charge on any atom is -0.389 e. The lowest BCUT2D eigenvalue weighted by molar-refractivity contribution is 0.0572. The Morgan fingerprint density at radius 3 is 2.56 bits per heavy atom. The van der Waals surface area contributed by atoms with Crippen LogP contribution in [0, 0.1) is 0 Å². The summed E-state index contributed by atoms with van der Waals surface area (Å²) in [5.74, 6) is 0.761. The summed E-state index contributed by atoms with van der Waals surface area (Å²) < 4.78 is 0. The molecule has 0 aliphatic carbocycles. The molecule has 1 aromatic rings. The van der Waals surface area contributed by atoms with Gasteiger partial charge in [0.05, 0.1) is 5.60 Å². The summed E-state index contributed by atoms with van der Waals surface area (Å²) in [6, 6.07) is 8.90. The molecular formula is C15H25NOS. The number of benzene rings is 1. The molecule has 0 spiro atoms. The van der Waals surface area contributed by atoms with E-state index in [9.17, 15) is 5.11 Å². The van der Waals surface area contributed by atoms with Crippen LogP contribution in [0.25, 0.3) is 0 Å². The molecule has 1 unspecified atom stereocenters. The molecule has 0 radical (unpaired) electrons. The van der Waals surface area contributed by atoms with E-state index in [2.05, 4.69) is 36.5 Å². The molecule has 0 saturated carbocycles. The lowest BCUT2D eigenvalue weighted by Crippen LogP contribution is -2.29. The summed E-state index contributed by atoms with van der Waals surface area (Å²) in [4.78, 5) is 1.23. The third kappa shape index (κ3) is 4.30. The molecule has 2 N–H and O–H groups in total. The van der Waals surface area contributed by atoms with Gasteiger partial charge in [0, 0.05) is 16.7 Å². The Hall–Kier alpha value is -0.510. The zero-order valence-corrected chi connectivity index (χ0v) is 12.7. The van der Waals surface area contributed by atoms with Crippen molar-refractivity contribution >= 4 is 11.8 Å². The number of hydrogen-bond acceptors (Lipinski definition) is 3. The first-order valence-corrected chi connectivity index (χ1v) is 7.65. The number of rotatable bonds is 7. The number of thioether (sulfide) groups is 1. The Kier molecular flexibility index (Phi) is 6.19. The van der Waals surface area contributed by atoms with Crippen LogP contribution in [0.3, 0.4) is 0 Å². The molecule has 0 fully saturated rings. The predicted octanol–water partition coefficient (Wildman–Crippen LogP) is 3.61. The molecular weight excluding hydrogens is 242 g/mol. The second-order valence-electron chi connectivity index (χ2n) is 4.80. The quantitative estimate of drug-likeness (QED) is 0.740. The van der Waals surface area contributed by atoms with Gasteiger partial charge in [-0.05, 0) is 44.5 Å². The SMILES string of the molecule is CCC(O)(CC)CSc1cccc(C(C)NC)c1. The van der Waals surface area contributed by atoms with Crippen LogP contribution in [0.15, 0.2) is 29.2 Å². The summed E-state index contributed by atoms with van der Waals surface area (Å²) in [5.41, 5.74) is 0.758. The van der Waals surface area contributed by atoms with Gasteiger partial charge in [0.25, 0.3) is 0 Å². The molecule has 1 atom stereocenters. The maximum Gasteiger partial charge on any atom is 0.0736 e.